The number of carbonyl (C=O) groups excluding carboxylic acids is 1. The first-order valence-corrected chi connectivity index (χ1v) is 5.70. The Balaban J connectivity index is 2.62. The quantitative estimate of drug-likeness (QED) is 0.536. The average molecular weight is 241 g/mol. The van der Waals surface area contributed by atoms with Crippen molar-refractivity contribution in [3.8, 4) is 0 Å². The first-order chi connectivity index (χ1) is 8.07. The number of aromatic amines is 2. The molecule has 1 amide bonds. The molecule has 0 spiro atoms. The lowest BCUT2D eigenvalue weighted by Crippen LogP contribution is -2.45. The van der Waals surface area contributed by atoms with Crippen LogP contribution in [0.2, 0.25) is 0 Å². The maximum Gasteiger partial charge on any atom is 0.340 e. The number of hydrogen-bond donors (Lipinski definition) is 4. The second kappa shape index (κ2) is 5.62. The number of nitrogens with zero attached hydrogens (tertiary/aromatic N) is 1. The highest BCUT2D eigenvalue weighted by atomic mass is 16.2. The summed E-state index contributed by atoms with van der Waals surface area (Å²) in [6, 6.07) is 0. The highest BCUT2D eigenvalue weighted by Gasteiger charge is 2.33. The van der Waals surface area contributed by atoms with E-state index in [1.807, 2.05) is 13.8 Å². The van der Waals surface area contributed by atoms with Gasteiger partial charge in [0, 0.05) is 6.54 Å². The van der Waals surface area contributed by atoms with Crippen LogP contribution in [0.3, 0.4) is 0 Å². The van der Waals surface area contributed by atoms with Crippen molar-refractivity contribution in [1.29, 1.82) is 0 Å². The van der Waals surface area contributed by atoms with E-state index in [-0.39, 0.29) is 18.1 Å². The highest BCUT2D eigenvalue weighted by Crippen LogP contribution is 2.24. The van der Waals surface area contributed by atoms with Crippen LogP contribution in [0.15, 0.2) is 4.79 Å². The molecule has 17 heavy (non-hydrogen) atoms. The Labute approximate surface area is 99.2 Å². The number of carbonyl (C=O) groups is 1. The molecule has 0 unspecified atom stereocenters. The van der Waals surface area contributed by atoms with Gasteiger partial charge in [-0.1, -0.05) is 13.8 Å². The van der Waals surface area contributed by atoms with Crippen molar-refractivity contribution in [2.24, 2.45) is 11.1 Å². The highest BCUT2D eigenvalue weighted by molar-refractivity contribution is 5.82. The summed E-state index contributed by atoms with van der Waals surface area (Å²) in [7, 11) is 0. The molecule has 96 valence electrons. The predicted octanol–water partition coefficient (Wildman–Crippen LogP) is -0.521. The molecule has 0 saturated heterocycles. The molecule has 1 heterocycles. The van der Waals surface area contributed by atoms with Gasteiger partial charge >= 0.3 is 5.69 Å². The van der Waals surface area contributed by atoms with E-state index in [9.17, 15) is 9.59 Å². The molecule has 7 nitrogen and oxygen atoms in total. The standard InChI is InChI=1S/C10H19N5O2/c1-3-10(4-2,6-11)8(16)12-5-7-13-9(17)15-14-7/h3-6,11H2,1-2H3,(H,12,16)(H2,13,14,15,17). The molecule has 0 aliphatic heterocycles. The Morgan fingerprint density at radius 2 is 2.12 bits per heavy atom. The zero-order valence-corrected chi connectivity index (χ0v) is 10.2. The molecular formula is C10H19N5O2. The Hall–Kier alpha value is -1.63. The van der Waals surface area contributed by atoms with Crippen molar-refractivity contribution in [2.75, 3.05) is 6.54 Å². The van der Waals surface area contributed by atoms with Gasteiger partial charge < -0.3 is 11.1 Å². The summed E-state index contributed by atoms with van der Waals surface area (Å²) in [5.74, 6) is 0.301. The Morgan fingerprint density at radius 1 is 1.47 bits per heavy atom. The topological polar surface area (TPSA) is 117 Å². The maximum atomic E-state index is 12.0. The van der Waals surface area contributed by atoms with E-state index in [1.54, 1.807) is 0 Å². The zero-order valence-electron chi connectivity index (χ0n) is 10.2. The number of rotatable bonds is 6. The van der Waals surface area contributed by atoms with Gasteiger partial charge in [0.05, 0.1) is 12.0 Å². The Morgan fingerprint density at radius 3 is 2.53 bits per heavy atom. The minimum absolute atomic E-state index is 0.103. The molecule has 0 atom stereocenters. The summed E-state index contributed by atoms with van der Waals surface area (Å²) in [6.45, 7) is 4.38. The fraction of sp³-hybridized carbons (Fsp3) is 0.700. The van der Waals surface area contributed by atoms with Gasteiger partial charge in [-0.25, -0.2) is 9.89 Å². The molecule has 0 fully saturated rings. The van der Waals surface area contributed by atoms with E-state index in [1.165, 1.54) is 0 Å². The van der Waals surface area contributed by atoms with Gasteiger partial charge in [0.1, 0.15) is 5.82 Å². The van der Waals surface area contributed by atoms with Crippen LogP contribution >= 0.6 is 0 Å². The second-order valence-corrected chi connectivity index (χ2v) is 4.00. The molecule has 1 aromatic heterocycles. The summed E-state index contributed by atoms with van der Waals surface area (Å²) in [5, 5.41) is 8.68. The number of nitrogens with two attached hydrogens (primary N) is 1. The molecule has 0 aromatic carbocycles. The van der Waals surface area contributed by atoms with Crippen molar-refractivity contribution < 1.29 is 4.79 Å². The van der Waals surface area contributed by atoms with Crippen LogP contribution in [-0.2, 0) is 11.3 Å². The molecular weight excluding hydrogens is 222 g/mol. The lowest BCUT2D eigenvalue weighted by molar-refractivity contribution is -0.131. The number of H-pyrrole nitrogens is 2. The van der Waals surface area contributed by atoms with Crippen LogP contribution in [0.1, 0.15) is 32.5 Å². The summed E-state index contributed by atoms with van der Waals surface area (Å²) in [4.78, 5) is 25.3. The van der Waals surface area contributed by atoms with Crippen LogP contribution in [0.5, 0.6) is 0 Å². The van der Waals surface area contributed by atoms with Crippen LogP contribution in [0.25, 0.3) is 0 Å². The maximum absolute atomic E-state index is 12.0. The van der Waals surface area contributed by atoms with Crippen molar-refractivity contribution in [2.45, 2.75) is 33.2 Å². The fourth-order valence-electron chi connectivity index (χ4n) is 1.69. The average Bonchev–Trinajstić information content (AvgIpc) is 2.75. The molecule has 0 bridgehead atoms. The van der Waals surface area contributed by atoms with Gasteiger partial charge in [-0.3, -0.25) is 9.78 Å². The van der Waals surface area contributed by atoms with Crippen molar-refractivity contribution in [1.82, 2.24) is 20.5 Å². The molecule has 0 aliphatic carbocycles. The number of hydrogen-bond acceptors (Lipinski definition) is 4. The Bertz CT molecular complexity index is 410. The lowest BCUT2D eigenvalue weighted by atomic mass is 9.81. The molecule has 1 aromatic rings. The van der Waals surface area contributed by atoms with E-state index >= 15 is 0 Å². The second-order valence-electron chi connectivity index (χ2n) is 4.00. The summed E-state index contributed by atoms with van der Waals surface area (Å²) < 4.78 is 0. The van der Waals surface area contributed by atoms with Crippen molar-refractivity contribution in [3.05, 3.63) is 16.3 Å². The van der Waals surface area contributed by atoms with Gasteiger partial charge in [-0.05, 0) is 12.8 Å². The summed E-state index contributed by atoms with van der Waals surface area (Å²) in [5.41, 5.74) is 4.75. The minimum atomic E-state index is -0.531. The predicted molar refractivity (Wildman–Crippen MR) is 63.1 cm³/mol. The van der Waals surface area contributed by atoms with Gasteiger partial charge in [0.25, 0.3) is 0 Å². The third-order valence-corrected chi connectivity index (χ3v) is 3.19. The third-order valence-electron chi connectivity index (χ3n) is 3.19. The number of aromatic nitrogens is 3. The molecule has 7 heteroatoms. The largest absolute Gasteiger partial charge is 0.348 e. The van der Waals surface area contributed by atoms with Gasteiger partial charge in [-0.15, -0.1) is 0 Å². The first kappa shape index (κ1) is 13.4. The molecule has 0 aliphatic rings. The van der Waals surface area contributed by atoms with E-state index in [4.69, 9.17) is 5.73 Å². The van der Waals surface area contributed by atoms with Gasteiger partial charge in [0.2, 0.25) is 5.91 Å². The first-order valence-electron chi connectivity index (χ1n) is 5.70. The molecule has 1 rings (SSSR count). The molecule has 0 radical (unpaired) electrons. The van der Waals surface area contributed by atoms with Crippen molar-refractivity contribution >= 4 is 5.91 Å². The van der Waals surface area contributed by atoms with E-state index in [0.717, 1.165) is 0 Å². The number of amides is 1. The van der Waals surface area contributed by atoms with Crippen LogP contribution in [0, 0.1) is 5.41 Å². The molecule has 5 N–H and O–H groups in total. The van der Waals surface area contributed by atoms with E-state index < -0.39 is 5.41 Å². The number of nitrogens with one attached hydrogen (secondary N) is 3. The normalized spacial score (nSPS) is 11.5. The zero-order chi connectivity index (χ0) is 12.9. The van der Waals surface area contributed by atoms with Crippen LogP contribution in [-0.4, -0.2) is 27.6 Å². The lowest BCUT2D eigenvalue weighted by Gasteiger charge is -2.28. The van der Waals surface area contributed by atoms with E-state index in [0.29, 0.717) is 25.2 Å². The SMILES string of the molecule is CCC(CC)(CN)C(=O)NCc1n[nH]c(=O)[nH]1. The summed E-state index contributed by atoms with van der Waals surface area (Å²) in [6.07, 6.45) is 1.37. The smallest absolute Gasteiger partial charge is 0.340 e. The van der Waals surface area contributed by atoms with Gasteiger partial charge in [0.15, 0.2) is 0 Å². The third kappa shape index (κ3) is 2.94. The molecule has 0 saturated carbocycles. The van der Waals surface area contributed by atoms with Gasteiger partial charge in [-0.2, -0.15) is 5.10 Å². The monoisotopic (exact) mass is 241 g/mol. The minimum Gasteiger partial charge on any atom is -0.348 e. The summed E-state index contributed by atoms with van der Waals surface area (Å²) >= 11 is 0. The van der Waals surface area contributed by atoms with Crippen LogP contribution < -0.4 is 16.7 Å². The van der Waals surface area contributed by atoms with Crippen molar-refractivity contribution in [3.63, 3.8) is 0 Å². The van der Waals surface area contributed by atoms with Crippen LogP contribution in [0.4, 0.5) is 0 Å². The van der Waals surface area contributed by atoms with E-state index in [2.05, 4.69) is 20.5 Å². The fourth-order valence-corrected chi connectivity index (χ4v) is 1.69. The Kier molecular flexibility index (Phi) is 4.45.